The van der Waals surface area contributed by atoms with Crippen LogP contribution in [0.4, 0.5) is 0 Å². The Morgan fingerprint density at radius 2 is 1.90 bits per heavy atom. The minimum absolute atomic E-state index is 0.208. The highest BCUT2D eigenvalue weighted by atomic mass is 15.1. The normalized spacial score (nSPS) is 16.9. The number of aryl methyl sites for hydroxylation is 1. The monoisotopic (exact) mass is 271 g/mol. The molecule has 20 heavy (non-hydrogen) atoms. The topological polar surface area (TPSA) is 34.2 Å². The van der Waals surface area contributed by atoms with Crippen molar-refractivity contribution in [2.45, 2.75) is 46.3 Å². The molecular weight excluding hydrogens is 246 g/mol. The van der Waals surface area contributed by atoms with Crippen LogP contribution in [0.25, 0.3) is 10.9 Å². The average Bonchev–Trinajstić information content (AvgIpc) is 2.91. The molecule has 0 aliphatic carbocycles. The molecule has 1 aromatic heterocycles. The van der Waals surface area contributed by atoms with Crippen LogP contribution in [0.15, 0.2) is 12.1 Å². The van der Waals surface area contributed by atoms with Gasteiger partial charge in [-0.3, -0.25) is 4.90 Å². The van der Waals surface area contributed by atoms with Crippen molar-refractivity contribution >= 4 is 10.9 Å². The van der Waals surface area contributed by atoms with Gasteiger partial charge in [-0.25, -0.2) is 0 Å². The SMILES string of the molecule is CCN1Cc2cc3c(CC(C)N)c(C)n(C)c3cc2C1. The number of nitrogens with two attached hydrogens (primary N) is 1. The Hall–Kier alpha value is -1.32. The van der Waals surface area contributed by atoms with E-state index in [4.69, 9.17) is 5.73 Å². The van der Waals surface area contributed by atoms with Crippen molar-refractivity contribution in [1.82, 2.24) is 9.47 Å². The van der Waals surface area contributed by atoms with Gasteiger partial charge in [-0.05, 0) is 55.6 Å². The van der Waals surface area contributed by atoms with Gasteiger partial charge in [-0.1, -0.05) is 6.92 Å². The van der Waals surface area contributed by atoms with Gasteiger partial charge in [0, 0.05) is 42.8 Å². The van der Waals surface area contributed by atoms with Crippen LogP contribution in [-0.2, 0) is 26.6 Å². The predicted molar refractivity (Wildman–Crippen MR) is 84.8 cm³/mol. The molecule has 0 amide bonds. The Balaban J connectivity index is 2.15. The van der Waals surface area contributed by atoms with Crippen molar-refractivity contribution < 1.29 is 0 Å². The summed E-state index contributed by atoms with van der Waals surface area (Å²) in [5.41, 5.74) is 13.2. The number of aromatic nitrogens is 1. The van der Waals surface area contributed by atoms with Crippen LogP contribution in [0.2, 0.25) is 0 Å². The first-order valence-corrected chi connectivity index (χ1v) is 7.58. The second kappa shape index (κ2) is 4.90. The lowest BCUT2D eigenvalue weighted by Crippen LogP contribution is -2.18. The molecule has 2 N–H and O–H groups in total. The van der Waals surface area contributed by atoms with Crippen molar-refractivity contribution in [3.05, 3.63) is 34.5 Å². The molecule has 0 fully saturated rings. The van der Waals surface area contributed by atoms with E-state index in [0.29, 0.717) is 0 Å². The minimum atomic E-state index is 0.208. The van der Waals surface area contributed by atoms with Gasteiger partial charge in [0.05, 0.1) is 0 Å². The lowest BCUT2D eigenvalue weighted by Gasteiger charge is -2.09. The number of hydrogen-bond acceptors (Lipinski definition) is 2. The first-order chi connectivity index (χ1) is 9.51. The van der Waals surface area contributed by atoms with Crippen molar-refractivity contribution in [1.29, 1.82) is 0 Å². The van der Waals surface area contributed by atoms with Crippen LogP contribution in [-0.4, -0.2) is 22.1 Å². The predicted octanol–water partition coefficient (Wildman–Crippen LogP) is 2.71. The standard InChI is InChI=1S/C17H25N3/c1-5-20-9-13-7-16-15(6-11(2)18)12(3)19(4)17(16)8-14(13)10-20/h7-8,11H,5-6,9-10,18H2,1-4H3. The highest BCUT2D eigenvalue weighted by molar-refractivity contribution is 5.87. The summed E-state index contributed by atoms with van der Waals surface area (Å²) in [7, 11) is 2.17. The van der Waals surface area contributed by atoms with E-state index in [1.54, 1.807) is 0 Å². The Morgan fingerprint density at radius 3 is 2.50 bits per heavy atom. The van der Waals surface area contributed by atoms with E-state index in [1.165, 1.54) is 33.3 Å². The van der Waals surface area contributed by atoms with E-state index in [9.17, 15) is 0 Å². The molecule has 0 bridgehead atoms. The molecule has 3 rings (SSSR count). The zero-order valence-corrected chi connectivity index (χ0v) is 13.0. The molecule has 0 saturated carbocycles. The maximum Gasteiger partial charge on any atom is 0.0486 e. The summed E-state index contributed by atoms with van der Waals surface area (Å²) in [4.78, 5) is 2.49. The first kappa shape index (κ1) is 13.7. The van der Waals surface area contributed by atoms with Gasteiger partial charge >= 0.3 is 0 Å². The Bertz CT molecular complexity index is 652. The highest BCUT2D eigenvalue weighted by Crippen LogP contribution is 2.32. The Labute approximate surface area is 121 Å². The van der Waals surface area contributed by atoms with Gasteiger partial charge in [-0.2, -0.15) is 0 Å². The smallest absolute Gasteiger partial charge is 0.0486 e. The molecule has 1 unspecified atom stereocenters. The molecule has 3 heteroatoms. The number of fused-ring (bicyclic) bond motifs is 2. The highest BCUT2D eigenvalue weighted by Gasteiger charge is 2.21. The van der Waals surface area contributed by atoms with Crippen LogP contribution >= 0.6 is 0 Å². The van der Waals surface area contributed by atoms with Gasteiger partial charge in [-0.15, -0.1) is 0 Å². The Morgan fingerprint density at radius 1 is 1.25 bits per heavy atom. The van der Waals surface area contributed by atoms with Gasteiger partial charge in [0.15, 0.2) is 0 Å². The van der Waals surface area contributed by atoms with Crippen LogP contribution in [0, 0.1) is 6.92 Å². The molecule has 0 spiro atoms. The molecule has 108 valence electrons. The number of rotatable bonds is 3. The number of benzene rings is 1. The van der Waals surface area contributed by atoms with Gasteiger partial charge in [0.2, 0.25) is 0 Å². The second-order valence-corrected chi connectivity index (χ2v) is 6.25. The van der Waals surface area contributed by atoms with Gasteiger partial charge in [0.1, 0.15) is 0 Å². The van der Waals surface area contributed by atoms with Crippen LogP contribution < -0.4 is 5.73 Å². The zero-order valence-electron chi connectivity index (χ0n) is 13.0. The van der Waals surface area contributed by atoms with Crippen LogP contribution in [0.3, 0.4) is 0 Å². The van der Waals surface area contributed by atoms with Gasteiger partial charge in [0.25, 0.3) is 0 Å². The molecule has 2 heterocycles. The molecule has 2 aromatic rings. The van der Waals surface area contributed by atoms with E-state index in [-0.39, 0.29) is 6.04 Å². The molecule has 1 atom stereocenters. The number of nitrogens with zero attached hydrogens (tertiary/aromatic N) is 2. The van der Waals surface area contributed by atoms with E-state index >= 15 is 0 Å². The van der Waals surface area contributed by atoms with Gasteiger partial charge < -0.3 is 10.3 Å². The number of hydrogen-bond donors (Lipinski definition) is 1. The quantitative estimate of drug-likeness (QED) is 0.931. The lowest BCUT2D eigenvalue weighted by atomic mass is 10.0. The largest absolute Gasteiger partial charge is 0.348 e. The van der Waals surface area contributed by atoms with Crippen LogP contribution in [0.5, 0.6) is 0 Å². The molecule has 1 aromatic carbocycles. The zero-order chi connectivity index (χ0) is 14.4. The van der Waals surface area contributed by atoms with Crippen molar-refractivity contribution in [3.8, 4) is 0 Å². The summed E-state index contributed by atoms with van der Waals surface area (Å²) >= 11 is 0. The average molecular weight is 271 g/mol. The van der Waals surface area contributed by atoms with Crippen molar-refractivity contribution in [3.63, 3.8) is 0 Å². The van der Waals surface area contributed by atoms with Crippen molar-refractivity contribution in [2.75, 3.05) is 6.54 Å². The fourth-order valence-corrected chi connectivity index (χ4v) is 3.41. The maximum atomic E-state index is 6.03. The molecular formula is C17H25N3. The summed E-state index contributed by atoms with van der Waals surface area (Å²) in [6, 6.07) is 5.00. The molecule has 1 aliphatic rings. The molecule has 0 saturated heterocycles. The van der Waals surface area contributed by atoms with E-state index in [2.05, 4.69) is 49.4 Å². The Kier molecular flexibility index (Phi) is 3.35. The summed E-state index contributed by atoms with van der Waals surface area (Å²) < 4.78 is 2.32. The summed E-state index contributed by atoms with van der Waals surface area (Å²) in [5, 5.41) is 1.40. The third-order valence-corrected chi connectivity index (χ3v) is 4.71. The molecule has 0 radical (unpaired) electrons. The fourth-order valence-electron chi connectivity index (χ4n) is 3.41. The third-order valence-electron chi connectivity index (χ3n) is 4.71. The molecule has 1 aliphatic heterocycles. The minimum Gasteiger partial charge on any atom is -0.348 e. The fraction of sp³-hybridized carbons (Fsp3) is 0.529. The maximum absolute atomic E-state index is 6.03. The van der Waals surface area contributed by atoms with E-state index in [1.807, 2.05) is 0 Å². The lowest BCUT2D eigenvalue weighted by molar-refractivity contribution is 0.301. The second-order valence-electron chi connectivity index (χ2n) is 6.25. The van der Waals surface area contributed by atoms with Crippen LogP contribution in [0.1, 0.15) is 36.2 Å². The third kappa shape index (κ3) is 2.05. The molecule has 3 nitrogen and oxygen atoms in total. The van der Waals surface area contributed by atoms with E-state index < -0.39 is 0 Å². The summed E-state index contributed by atoms with van der Waals surface area (Å²) in [6.07, 6.45) is 0.958. The van der Waals surface area contributed by atoms with E-state index in [0.717, 1.165) is 26.1 Å². The summed E-state index contributed by atoms with van der Waals surface area (Å²) in [6.45, 7) is 9.83. The first-order valence-electron chi connectivity index (χ1n) is 7.58. The summed E-state index contributed by atoms with van der Waals surface area (Å²) in [5.74, 6) is 0. The van der Waals surface area contributed by atoms with Crippen molar-refractivity contribution in [2.24, 2.45) is 12.8 Å².